The zero-order valence-corrected chi connectivity index (χ0v) is 13.0. The van der Waals surface area contributed by atoms with Crippen molar-refractivity contribution < 1.29 is 9.53 Å². The van der Waals surface area contributed by atoms with Crippen molar-refractivity contribution in [3.8, 4) is 11.8 Å². The minimum absolute atomic E-state index is 0.00291. The van der Waals surface area contributed by atoms with Crippen LogP contribution < -0.4 is 10.1 Å². The monoisotopic (exact) mass is 308 g/mol. The van der Waals surface area contributed by atoms with Crippen molar-refractivity contribution >= 4 is 5.91 Å². The molecule has 2 rings (SSSR count). The molecule has 1 N–H and O–H groups in total. The number of nitrogens with one attached hydrogen (secondary N) is 1. The molecule has 4 nitrogen and oxygen atoms in total. The largest absolute Gasteiger partial charge is 0.484 e. The van der Waals surface area contributed by atoms with E-state index >= 15 is 0 Å². The number of rotatable bonds is 8. The summed E-state index contributed by atoms with van der Waals surface area (Å²) in [6.07, 6.45) is 2.23. The first-order valence-electron chi connectivity index (χ1n) is 7.67. The molecule has 2 aromatic carbocycles. The molecule has 0 bridgehead atoms. The second-order valence-corrected chi connectivity index (χ2v) is 5.21. The normalized spacial score (nSPS) is 9.87. The molecule has 23 heavy (non-hydrogen) atoms. The Hall–Kier alpha value is -2.80. The van der Waals surface area contributed by atoms with Gasteiger partial charge in [0.1, 0.15) is 5.75 Å². The van der Waals surface area contributed by atoms with Gasteiger partial charge in [-0.25, -0.2) is 0 Å². The minimum Gasteiger partial charge on any atom is -0.484 e. The van der Waals surface area contributed by atoms with Gasteiger partial charge >= 0.3 is 0 Å². The summed E-state index contributed by atoms with van der Waals surface area (Å²) in [5, 5.41) is 11.5. The van der Waals surface area contributed by atoms with E-state index < -0.39 is 0 Å². The third-order valence-electron chi connectivity index (χ3n) is 3.38. The second kappa shape index (κ2) is 9.26. The van der Waals surface area contributed by atoms with Crippen molar-refractivity contribution in [2.75, 3.05) is 13.2 Å². The van der Waals surface area contributed by atoms with Crippen LogP contribution in [0.5, 0.6) is 5.75 Å². The number of aryl methyl sites for hydroxylation is 1. The van der Waals surface area contributed by atoms with Crippen molar-refractivity contribution in [2.24, 2.45) is 0 Å². The Morgan fingerprint density at radius 1 is 1.04 bits per heavy atom. The van der Waals surface area contributed by atoms with Crippen LogP contribution in [0.2, 0.25) is 0 Å². The Morgan fingerprint density at radius 2 is 1.78 bits per heavy atom. The maximum Gasteiger partial charge on any atom is 0.257 e. The number of ether oxygens (including phenoxy) is 1. The highest BCUT2D eigenvalue weighted by Crippen LogP contribution is 2.12. The highest BCUT2D eigenvalue weighted by atomic mass is 16.5. The van der Waals surface area contributed by atoms with Crippen LogP contribution in [0.25, 0.3) is 0 Å². The van der Waals surface area contributed by atoms with Crippen LogP contribution >= 0.6 is 0 Å². The second-order valence-electron chi connectivity index (χ2n) is 5.21. The molecular weight excluding hydrogens is 288 g/mol. The van der Waals surface area contributed by atoms with E-state index in [0.717, 1.165) is 18.4 Å². The average molecular weight is 308 g/mol. The lowest BCUT2D eigenvalue weighted by Crippen LogP contribution is -2.29. The fraction of sp³-hybridized carbons (Fsp3) is 0.263. The van der Waals surface area contributed by atoms with Gasteiger partial charge in [0.15, 0.2) is 6.61 Å². The first-order chi connectivity index (χ1) is 11.3. The lowest BCUT2D eigenvalue weighted by atomic mass is 10.1. The molecule has 0 aromatic heterocycles. The van der Waals surface area contributed by atoms with Crippen LogP contribution in [0, 0.1) is 11.3 Å². The van der Waals surface area contributed by atoms with Crippen LogP contribution in [0.3, 0.4) is 0 Å². The molecule has 0 saturated heterocycles. The van der Waals surface area contributed by atoms with Gasteiger partial charge in [-0.3, -0.25) is 4.79 Å². The summed E-state index contributed by atoms with van der Waals surface area (Å²) in [4.78, 5) is 11.7. The summed E-state index contributed by atoms with van der Waals surface area (Å²) in [7, 11) is 0. The number of amides is 1. The van der Waals surface area contributed by atoms with Crippen LogP contribution in [0.1, 0.15) is 17.5 Å². The summed E-state index contributed by atoms with van der Waals surface area (Å²) in [5.74, 6) is 0.505. The minimum atomic E-state index is -0.126. The van der Waals surface area contributed by atoms with Crippen LogP contribution in [0.15, 0.2) is 54.6 Å². The Balaban J connectivity index is 1.62. The first kappa shape index (κ1) is 16.6. The summed E-state index contributed by atoms with van der Waals surface area (Å²) in [6, 6.07) is 19.5. The molecule has 1 amide bonds. The molecule has 0 spiro atoms. The predicted octanol–water partition coefficient (Wildman–Crippen LogP) is 2.88. The van der Waals surface area contributed by atoms with Crippen LogP contribution in [-0.4, -0.2) is 19.1 Å². The quantitative estimate of drug-likeness (QED) is 0.763. The SMILES string of the molecule is N#CCc1ccc(OCC(=O)NCCCc2ccccc2)cc1. The van der Waals surface area contributed by atoms with E-state index in [9.17, 15) is 4.79 Å². The molecule has 0 heterocycles. The average Bonchev–Trinajstić information content (AvgIpc) is 2.59. The van der Waals surface area contributed by atoms with E-state index in [4.69, 9.17) is 10.00 Å². The van der Waals surface area contributed by atoms with Gasteiger partial charge in [-0.2, -0.15) is 5.26 Å². The van der Waals surface area contributed by atoms with E-state index in [0.29, 0.717) is 18.7 Å². The highest BCUT2D eigenvalue weighted by molar-refractivity contribution is 5.77. The maximum atomic E-state index is 11.7. The number of carbonyl (C=O) groups excluding carboxylic acids is 1. The summed E-state index contributed by atoms with van der Waals surface area (Å²) < 4.78 is 5.42. The smallest absolute Gasteiger partial charge is 0.257 e. The highest BCUT2D eigenvalue weighted by Gasteiger charge is 2.02. The molecule has 0 aliphatic rings. The van der Waals surface area contributed by atoms with E-state index in [1.807, 2.05) is 30.3 Å². The van der Waals surface area contributed by atoms with E-state index in [2.05, 4.69) is 23.5 Å². The number of hydrogen-bond acceptors (Lipinski definition) is 3. The molecular formula is C19H20N2O2. The number of carbonyl (C=O) groups is 1. The van der Waals surface area contributed by atoms with Gasteiger partial charge in [0.25, 0.3) is 5.91 Å². The first-order valence-corrected chi connectivity index (χ1v) is 7.67. The Kier molecular flexibility index (Phi) is 6.67. The molecule has 0 aliphatic heterocycles. The number of hydrogen-bond donors (Lipinski definition) is 1. The van der Waals surface area contributed by atoms with Crippen molar-refractivity contribution in [2.45, 2.75) is 19.3 Å². The molecule has 0 radical (unpaired) electrons. The van der Waals surface area contributed by atoms with Crippen molar-refractivity contribution in [1.29, 1.82) is 5.26 Å². The van der Waals surface area contributed by atoms with Gasteiger partial charge < -0.3 is 10.1 Å². The standard InChI is InChI=1S/C19H20N2O2/c20-13-12-17-8-10-18(11-9-17)23-15-19(22)21-14-4-7-16-5-2-1-3-6-16/h1-3,5-6,8-11H,4,7,12,14-15H2,(H,21,22). The molecule has 2 aromatic rings. The lowest BCUT2D eigenvalue weighted by Gasteiger charge is -2.08. The fourth-order valence-electron chi connectivity index (χ4n) is 2.16. The Labute approximate surface area is 136 Å². The van der Waals surface area contributed by atoms with E-state index in [1.165, 1.54) is 5.56 Å². The van der Waals surface area contributed by atoms with E-state index in [1.54, 1.807) is 12.1 Å². The van der Waals surface area contributed by atoms with Gasteiger partial charge in [0, 0.05) is 6.54 Å². The summed E-state index contributed by atoms with van der Waals surface area (Å²) in [6.45, 7) is 0.640. The van der Waals surface area contributed by atoms with Gasteiger partial charge in [-0.05, 0) is 36.1 Å². The zero-order valence-electron chi connectivity index (χ0n) is 13.0. The van der Waals surface area contributed by atoms with Crippen LogP contribution in [0.4, 0.5) is 0 Å². The van der Waals surface area contributed by atoms with Gasteiger partial charge in [-0.1, -0.05) is 42.5 Å². The van der Waals surface area contributed by atoms with Crippen molar-refractivity contribution in [1.82, 2.24) is 5.32 Å². The van der Waals surface area contributed by atoms with Gasteiger partial charge in [0.05, 0.1) is 12.5 Å². The molecule has 0 atom stereocenters. The molecule has 0 unspecified atom stereocenters. The number of nitriles is 1. The van der Waals surface area contributed by atoms with Gasteiger partial charge in [0.2, 0.25) is 0 Å². The Bertz CT molecular complexity index is 645. The summed E-state index contributed by atoms with van der Waals surface area (Å²) in [5.41, 5.74) is 2.21. The van der Waals surface area contributed by atoms with E-state index in [-0.39, 0.29) is 12.5 Å². The number of benzene rings is 2. The molecule has 4 heteroatoms. The maximum absolute atomic E-state index is 11.7. The summed E-state index contributed by atoms with van der Waals surface area (Å²) >= 11 is 0. The number of nitrogens with zero attached hydrogens (tertiary/aromatic N) is 1. The third-order valence-corrected chi connectivity index (χ3v) is 3.38. The topological polar surface area (TPSA) is 62.1 Å². The van der Waals surface area contributed by atoms with Crippen molar-refractivity contribution in [3.05, 3.63) is 65.7 Å². The predicted molar refractivity (Wildman–Crippen MR) is 89.0 cm³/mol. The molecule has 118 valence electrons. The molecule has 0 aliphatic carbocycles. The van der Waals surface area contributed by atoms with Crippen LogP contribution in [-0.2, 0) is 17.6 Å². The van der Waals surface area contributed by atoms with Crippen molar-refractivity contribution in [3.63, 3.8) is 0 Å². The lowest BCUT2D eigenvalue weighted by molar-refractivity contribution is -0.123. The zero-order chi connectivity index (χ0) is 16.3. The fourth-order valence-corrected chi connectivity index (χ4v) is 2.16. The van der Waals surface area contributed by atoms with Gasteiger partial charge in [-0.15, -0.1) is 0 Å². The molecule has 0 fully saturated rings. The Morgan fingerprint density at radius 3 is 2.48 bits per heavy atom. The molecule has 0 saturated carbocycles. The third kappa shape index (κ3) is 6.23.